The molecule has 0 amide bonds. The maximum Gasteiger partial charge on any atom is 0.340 e. The van der Waals surface area contributed by atoms with Crippen LogP contribution in [0.3, 0.4) is 0 Å². The van der Waals surface area contributed by atoms with Gasteiger partial charge in [-0.1, -0.05) is 5.16 Å². The van der Waals surface area contributed by atoms with Crippen LogP contribution in [0.1, 0.15) is 26.3 Å². The summed E-state index contributed by atoms with van der Waals surface area (Å²) in [5, 5.41) is 5.87. The number of nitrogens with zero attached hydrogens (tertiary/aromatic N) is 1. The van der Waals surface area contributed by atoms with Crippen molar-refractivity contribution in [3.63, 3.8) is 0 Å². The van der Waals surface area contributed by atoms with Gasteiger partial charge < -0.3 is 4.84 Å². The van der Waals surface area contributed by atoms with Crippen LogP contribution in [-0.4, -0.2) is 20.1 Å². The highest BCUT2D eigenvalue weighted by atomic mass is 32.2. The summed E-state index contributed by atoms with van der Waals surface area (Å²) in [5.74, 6) is -0.354. The van der Waals surface area contributed by atoms with Crippen LogP contribution in [0.4, 0.5) is 0 Å². The quantitative estimate of drug-likeness (QED) is 0.582. The molecule has 0 atom stereocenters. The summed E-state index contributed by atoms with van der Waals surface area (Å²) in [4.78, 5) is 16.5. The maximum atomic E-state index is 11.8. The molecular weight excluding hydrogens is 286 g/mol. The summed E-state index contributed by atoms with van der Waals surface area (Å²) >= 11 is 1.17. The van der Waals surface area contributed by atoms with Gasteiger partial charge in [-0.05, 0) is 38.6 Å². The lowest BCUT2D eigenvalue weighted by Crippen LogP contribution is -2.22. The zero-order valence-corrected chi connectivity index (χ0v) is 12.6. The Morgan fingerprint density at radius 3 is 2.74 bits per heavy atom. The molecule has 1 aliphatic heterocycles. The number of sulfone groups is 1. The van der Waals surface area contributed by atoms with Gasteiger partial charge in [0.05, 0.1) is 11.2 Å². The van der Waals surface area contributed by atoms with E-state index >= 15 is 0 Å². The minimum atomic E-state index is -3.18. The molecule has 2 rings (SSSR count). The highest BCUT2D eigenvalue weighted by Crippen LogP contribution is 2.26. The third kappa shape index (κ3) is 2.87. The zero-order valence-electron chi connectivity index (χ0n) is 11.0. The van der Waals surface area contributed by atoms with Gasteiger partial charge in [-0.15, -0.1) is 11.3 Å². The van der Waals surface area contributed by atoms with Crippen LogP contribution < -0.4 is 5.36 Å². The second-order valence-corrected chi connectivity index (χ2v) is 8.58. The Bertz CT molecular complexity index is 680. The molecule has 0 radical (unpaired) electrons. The highest BCUT2D eigenvalue weighted by Gasteiger charge is 2.28. The molecule has 1 aromatic rings. The molecule has 1 aromatic heterocycles. The van der Waals surface area contributed by atoms with Crippen molar-refractivity contribution in [2.45, 2.75) is 31.4 Å². The van der Waals surface area contributed by atoms with Crippen LogP contribution in [0.5, 0.6) is 0 Å². The van der Waals surface area contributed by atoms with E-state index in [1.54, 1.807) is 32.2 Å². The smallest absolute Gasteiger partial charge is 0.317 e. The number of rotatable bonds is 1. The summed E-state index contributed by atoms with van der Waals surface area (Å²) < 4.78 is 23.9. The molecule has 0 saturated heterocycles. The molecular formula is C12H15NO4S2. The molecule has 0 bridgehead atoms. The number of fused-ring (bicyclic) bond motifs is 1. The Morgan fingerprint density at radius 2 is 2.11 bits per heavy atom. The fourth-order valence-electron chi connectivity index (χ4n) is 1.57. The van der Waals surface area contributed by atoms with Gasteiger partial charge in [-0.2, -0.15) is 0 Å². The van der Waals surface area contributed by atoms with Crippen molar-refractivity contribution in [1.82, 2.24) is 0 Å². The summed E-state index contributed by atoms with van der Waals surface area (Å²) in [7, 11) is -3.18. The first kappa shape index (κ1) is 14.2. The van der Waals surface area contributed by atoms with E-state index in [9.17, 15) is 13.2 Å². The van der Waals surface area contributed by atoms with Crippen molar-refractivity contribution >= 4 is 27.1 Å². The monoisotopic (exact) mass is 301 g/mol. The predicted octanol–water partition coefficient (Wildman–Crippen LogP) is 1.48. The van der Waals surface area contributed by atoms with Crippen molar-refractivity contribution in [2.24, 2.45) is 10.6 Å². The van der Waals surface area contributed by atoms with E-state index in [-0.39, 0.29) is 5.75 Å². The summed E-state index contributed by atoms with van der Waals surface area (Å²) in [5.41, 5.74) is 0.00471. The van der Waals surface area contributed by atoms with Gasteiger partial charge in [0, 0.05) is 5.56 Å². The van der Waals surface area contributed by atoms with E-state index in [0.717, 1.165) is 0 Å². The molecule has 0 spiro atoms. The zero-order chi connectivity index (χ0) is 14.3. The van der Waals surface area contributed by atoms with Crippen molar-refractivity contribution in [1.29, 1.82) is 0 Å². The average Bonchev–Trinajstić information content (AvgIpc) is 2.62. The Balaban J connectivity index is 2.39. The van der Waals surface area contributed by atoms with Gasteiger partial charge in [-0.25, -0.2) is 13.2 Å². The average molecular weight is 301 g/mol. The lowest BCUT2D eigenvalue weighted by molar-refractivity contribution is -0.153. The molecule has 2 heterocycles. The third-order valence-corrected chi connectivity index (χ3v) is 6.04. The van der Waals surface area contributed by atoms with Gasteiger partial charge in [-0.3, -0.25) is 0 Å². The third-order valence-electron chi connectivity index (χ3n) is 2.70. The lowest BCUT2D eigenvalue weighted by atomic mass is 9.98. The largest absolute Gasteiger partial charge is 0.340 e. The van der Waals surface area contributed by atoms with Gasteiger partial charge in [0.2, 0.25) is 0 Å². The molecule has 0 N–H and O–H groups in total. The minimum absolute atomic E-state index is 0.0958. The van der Waals surface area contributed by atoms with E-state index in [2.05, 4.69) is 5.16 Å². The maximum absolute atomic E-state index is 11.8. The number of carbonyl (C=O) groups is 1. The number of hydrogen-bond donors (Lipinski definition) is 0. The first-order valence-corrected chi connectivity index (χ1v) is 8.34. The predicted molar refractivity (Wildman–Crippen MR) is 71.2 cm³/mol. The fourth-order valence-corrected chi connectivity index (χ4v) is 4.48. The van der Waals surface area contributed by atoms with Crippen LogP contribution in [0.25, 0.3) is 0 Å². The molecule has 7 heteroatoms. The van der Waals surface area contributed by atoms with E-state index in [1.165, 1.54) is 11.3 Å². The standard InChI is InChI=1S/C12H15NO4S2/c1-12(2,3)11(14)17-13-9-4-6-18-10-8(9)5-7-19(10,15)16/h4,6H,5,7H2,1-3H3/b13-9+. The lowest BCUT2D eigenvalue weighted by Gasteiger charge is -2.12. The fraction of sp³-hybridized carbons (Fsp3) is 0.500. The molecule has 19 heavy (non-hydrogen) atoms. The Hall–Kier alpha value is -1.21. The molecule has 0 fully saturated rings. The van der Waals surface area contributed by atoms with E-state index < -0.39 is 21.2 Å². The van der Waals surface area contributed by atoms with Crippen molar-refractivity contribution in [2.75, 3.05) is 5.75 Å². The Morgan fingerprint density at radius 1 is 1.42 bits per heavy atom. The summed E-state index contributed by atoms with van der Waals surface area (Å²) in [6.45, 7) is 5.19. The van der Waals surface area contributed by atoms with E-state index in [4.69, 9.17) is 4.84 Å². The van der Waals surface area contributed by atoms with Crippen LogP contribution >= 0.6 is 11.3 Å². The minimum Gasteiger partial charge on any atom is -0.317 e. The topological polar surface area (TPSA) is 72.8 Å². The molecule has 0 saturated carbocycles. The van der Waals surface area contributed by atoms with Crippen molar-refractivity contribution < 1.29 is 18.0 Å². The number of carbonyl (C=O) groups excluding carboxylic acids is 1. The molecule has 0 aromatic carbocycles. The first-order valence-electron chi connectivity index (χ1n) is 5.81. The Kier molecular flexibility index (Phi) is 3.53. The molecule has 5 nitrogen and oxygen atoms in total. The van der Waals surface area contributed by atoms with Crippen LogP contribution in [-0.2, 0) is 25.9 Å². The van der Waals surface area contributed by atoms with E-state index in [1.807, 2.05) is 0 Å². The molecule has 104 valence electrons. The second kappa shape index (κ2) is 4.72. The molecule has 0 aliphatic carbocycles. The van der Waals surface area contributed by atoms with Crippen molar-refractivity contribution in [3.05, 3.63) is 22.4 Å². The van der Waals surface area contributed by atoms with Crippen LogP contribution in [0.15, 0.2) is 20.8 Å². The first-order chi connectivity index (χ1) is 8.72. The van der Waals surface area contributed by atoms with Crippen LogP contribution in [0.2, 0.25) is 0 Å². The second-order valence-electron chi connectivity index (χ2n) is 5.36. The van der Waals surface area contributed by atoms with E-state index in [0.29, 0.717) is 21.6 Å². The van der Waals surface area contributed by atoms with Crippen LogP contribution in [0, 0.1) is 5.41 Å². The summed E-state index contributed by atoms with van der Waals surface area (Å²) in [6.07, 6.45) is 0.418. The normalized spacial score (nSPS) is 18.2. The van der Waals surface area contributed by atoms with Gasteiger partial charge in [0.25, 0.3) is 0 Å². The highest BCUT2D eigenvalue weighted by molar-refractivity contribution is 7.93. The van der Waals surface area contributed by atoms with Gasteiger partial charge >= 0.3 is 5.97 Å². The molecule has 0 unspecified atom stereocenters. The Labute approximate surface area is 115 Å². The number of hydrogen-bond acceptors (Lipinski definition) is 6. The molecule has 1 aliphatic rings. The van der Waals surface area contributed by atoms with Gasteiger partial charge in [0.1, 0.15) is 9.57 Å². The summed E-state index contributed by atoms with van der Waals surface area (Å²) in [6, 6.07) is 1.67. The SMILES string of the molecule is CC(C)(C)C(=O)O/N=c1\ccsc2c1CCS2(=O)=O. The van der Waals surface area contributed by atoms with Gasteiger partial charge in [0.15, 0.2) is 9.84 Å². The van der Waals surface area contributed by atoms with Crippen molar-refractivity contribution in [3.8, 4) is 0 Å².